The lowest BCUT2D eigenvalue weighted by molar-refractivity contribution is -0.115. The van der Waals surface area contributed by atoms with Gasteiger partial charge >= 0.3 is 0 Å². The standard InChI is InChI=1S/C20H25N3O4S/c1-4-19(24)23-17-7-5-16(6-8-17)20(25)21-9-10-22-28(26,27)18-12-14(2)11-15(3)13-18/h5-8,11-13,22H,4,9-10H2,1-3H3,(H,21,25)(H,23,24). The molecule has 0 aromatic heterocycles. The van der Waals surface area contributed by atoms with Crippen LogP contribution in [-0.4, -0.2) is 33.3 Å². The summed E-state index contributed by atoms with van der Waals surface area (Å²) in [5, 5.41) is 5.37. The largest absolute Gasteiger partial charge is 0.351 e. The predicted molar refractivity (Wildman–Crippen MR) is 109 cm³/mol. The lowest BCUT2D eigenvalue weighted by Gasteiger charge is -2.10. The fourth-order valence-corrected chi connectivity index (χ4v) is 3.81. The highest BCUT2D eigenvalue weighted by molar-refractivity contribution is 7.89. The summed E-state index contributed by atoms with van der Waals surface area (Å²) in [5.41, 5.74) is 2.77. The van der Waals surface area contributed by atoms with Crippen molar-refractivity contribution in [1.82, 2.24) is 10.0 Å². The van der Waals surface area contributed by atoms with Gasteiger partial charge in [-0.1, -0.05) is 13.0 Å². The average molecular weight is 404 g/mol. The number of benzene rings is 2. The van der Waals surface area contributed by atoms with E-state index in [1.54, 1.807) is 43.3 Å². The number of nitrogens with one attached hydrogen (secondary N) is 3. The van der Waals surface area contributed by atoms with E-state index in [0.29, 0.717) is 17.7 Å². The minimum Gasteiger partial charge on any atom is -0.351 e. The molecule has 0 heterocycles. The number of hydrogen-bond acceptors (Lipinski definition) is 4. The van der Waals surface area contributed by atoms with Crippen molar-refractivity contribution in [2.75, 3.05) is 18.4 Å². The fraction of sp³-hybridized carbons (Fsp3) is 0.300. The molecular weight excluding hydrogens is 378 g/mol. The highest BCUT2D eigenvalue weighted by Crippen LogP contribution is 2.14. The third kappa shape index (κ3) is 6.17. The van der Waals surface area contributed by atoms with E-state index in [9.17, 15) is 18.0 Å². The van der Waals surface area contributed by atoms with E-state index in [2.05, 4.69) is 15.4 Å². The summed E-state index contributed by atoms with van der Waals surface area (Å²) < 4.78 is 27.2. The number of carbonyl (C=O) groups is 2. The number of aryl methyl sites for hydroxylation is 2. The van der Waals surface area contributed by atoms with Gasteiger partial charge in [-0.05, 0) is 61.4 Å². The highest BCUT2D eigenvalue weighted by Gasteiger charge is 2.14. The molecule has 0 fully saturated rings. The molecule has 150 valence electrons. The predicted octanol–water partition coefficient (Wildman–Crippen LogP) is 2.36. The van der Waals surface area contributed by atoms with Crippen LogP contribution in [0.3, 0.4) is 0 Å². The molecule has 3 N–H and O–H groups in total. The van der Waals surface area contributed by atoms with Crippen LogP contribution in [0.5, 0.6) is 0 Å². The highest BCUT2D eigenvalue weighted by atomic mass is 32.2. The number of anilines is 1. The van der Waals surface area contributed by atoms with E-state index >= 15 is 0 Å². The minimum absolute atomic E-state index is 0.0751. The molecule has 2 aromatic rings. The Morgan fingerprint density at radius 2 is 1.54 bits per heavy atom. The van der Waals surface area contributed by atoms with Crippen molar-refractivity contribution in [2.45, 2.75) is 32.1 Å². The monoisotopic (exact) mass is 403 g/mol. The van der Waals surface area contributed by atoms with Gasteiger partial charge in [0.05, 0.1) is 4.90 Å². The van der Waals surface area contributed by atoms with Crippen LogP contribution in [0.15, 0.2) is 47.4 Å². The van der Waals surface area contributed by atoms with Gasteiger partial charge in [-0.3, -0.25) is 9.59 Å². The first kappa shape index (κ1) is 21.6. The van der Waals surface area contributed by atoms with E-state index in [4.69, 9.17) is 0 Å². The first-order chi connectivity index (χ1) is 13.2. The van der Waals surface area contributed by atoms with Gasteiger partial charge < -0.3 is 10.6 Å². The molecule has 0 unspecified atom stereocenters. The van der Waals surface area contributed by atoms with Crippen LogP contribution in [0.1, 0.15) is 34.8 Å². The summed E-state index contributed by atoms with van der Waals surface area (Å²) in [6.07, 6.45) is 0.375. The maximum absolute atomic E-state index is 12.3. The molecule has 2 amide bonds. The molecule has 2 rings (SSSR count). The van der Waals surface area contributed by atoms with Crippen molar-refractivity contribution in [3.63, 3.8) is 0 Å². The van der Waals surface area contributed by atoms with Crippen LogP contribution >= 0.6 is 0 Å². The SMILES string of the molecule is CCC(=O)Nc1ccc(C(=O)NCCNS(=O)(=O)c2cc(C)cc(C)c2)cc1. The molecule has 0 radical (unpaired) electrons. The lowest BCUT2D eigenvalue weighted by Crippen LogP contribution is -2.34. The Bertz CT molecular complexity index is 934. The number of hydrogen-bond donors (Lipinski definition) is 3. The van der Waals surface area contributed by atoms with E-state index in [1.165, 1.54) is 0 Å². The average Bonchev–Trinajstić information content (AvgIpc) is 2.64. The summed E-state index contributed by atoms with van der Waals surface area (Å²) in [6, 6.07) is 11.6. The molecule has 7 nitrogen and oxygen atoms in total. The van der Waals surface area contributed by atoms with E-state index in [1.807, 2.05) is 19.9 Å². The van der Waals surface area contributed by atoms with Gasteiger partial charge in [0.2, 0.25) is 15.9 Å². The van der Waals surface area contributed by atoms with Crippen molar-refractivity contribution >= 4 is 27.5 Å². The van der Waals surface area contributed by atoms with E-state index in [0.717, 1.165) is 11.1 Å². The zero-order valence-electron chi connectivity index (χ0n) is 16.2. The summed E-state index contributed by atoms with van der Waals surface area (Å²) in [6.45, 7) is 5.66. The Balaban J connectivity index is 1.85. The molecule has 0 bridgehead atoms. The quantitative estimate of drug-likeness (QED) is 0.589. The molecule has 8 heteroatoms. The normalized spacial score (nSPS) is 11.1. The summed E-state index contributed by atoms with van der Waals surface area (Å²) in [5.74, 6) is -0.424. The molecule has 0 saturated carbocycles. The summed E-state index contributed by atoms with van der Waals surface area (Å²) >= 11 is 0. The van der Waals surface area contributed by atoms with Crippen molar-refractivity contribution < 1.29 is 18.0 Å². The molecule has 0 atom stereocenters. The number of rotatable bonds is 8. The maximum atomic E-state index is 12.3. The van der Waals surface area contributed by atoms with Gasteiger partial charge in [-0.15, -0.1) is 0 Å². The van der Waals surface area contributed by atoms with Gasteiger partial charge in [-0.25, -0.2) is 13.1 Å². The molecule has 0 saturated heterocycles. The van der Waals surface area contributed by atoms with Crippen molar-refractivity contribution in [2.24, 2.45) is 0 Å². The smallest absolute Gasteiger partial charge is 0.251 e. The first-order valence-corrected chi connectivity index (χ1v) is 10.5. The van der Waals surface area contributed by atoms with Crippen LogP contribution in [0.4, 0.5) is 5.69 Å². The zero-order chi connectivity index (χ0) is 20.7. The summed E-state index contributed by atoms with van der Waals surface area (Å²) in [7, 11) is -3.63. The first-order valence-electron chi connectivity index (χ1n) is 8.97. The molecule has 0 aliphatic carbocycles. The third-order valence-electron chi connectivity index (χ3n) is 3.96. The van der Waals surface area contributed by atoms with Crippen molar-refractivity contribution in [3.05, 3.63) is 59.2 Å². The molecular formula is C20H25N3O4S. The van der Waals surface area contributed by atoms with Crippen LogP contribution < -0.4 is 15.4 Å². The third-order valence-corrected chi connectivity index (χ3v) is 5.40. The van der Waals surface area contributed by atoms with Gasteiger partial charge in [0, 0.05) is 30.8 Å². The van der Waals surface area contributed by atoms with E-state index < -0.39 is 10.0 Å². The number of amides is 2. The fourth-order valence-electron chi connectivity index (χ4n) is 2.59. The van der Waals surface area contributed by atoms with Crippen LogP contribution in [0.25, 0.3) is 0 Å². The lowest BCUT2D eigenvalue weighted by atomic mass is 10.2. The van der Waals surface area contributed by atoms with Gasteiger partial charge in [0.25, 0.3) is 5.91 Å². The van der Waals surface area contributed by atoms with Crippen molar-refractivity contribution in [1.29, 1.82) is 0 Å². The second kappa shape index (κ2) is 9.48. The molecule has 2 aromatic carbocycles. The number of sulfonamides is 1. The van der Waals surface area contributed by atoms with Crippen LogP contribution in [-0.2, 0) is 14.8 Å². The molecule has 0 aliphatic heterocycles. The Hall–Kier alpha value is -2.71. The second-order valence-corrected chi connectivity index (χ2v) is 8.22. The second-order valence-electron chi connectivity index (χ2n) is 6.46. The van der Waals surface area contributed by atoms with Gasteiger partial charge in [0.15, 0.2) is 0 Å². The minimum atomic E-state index is -3.63. The Morgan fingerprint density at radius 3 is 2.11 bits per heavy atom. The van der Waals surface area contributed by atoms with Crippen LogP contribution in [0.2, 0.25) is 0 Å². The van der Waals surface area contributed by atoms with Crippen LogP contribution in [0, 0.1) is 13.8 Å². The van der Waals surface area contributed by atoms with Crippen molar-refractivity contribution in [3.8, 4) is 0 Å². The summed E-state index contributed by atoms with van der Waals surface area (Å²) in [4.78, 5) is 23.7. The zero-order valence-corrected chi connectivity index (χ0v) is 17.0. The Labute approximate surface area is 165 Å². The number of carbonyl (C=O) groups excluding carboxylic acids is 2. The Kier molecular flexibility index (Phi) is 7.31. The Morgan fingerprint density at radius 1 is 0.929 bits per heavy atom. The topological polar surface area (TPSA) is 104 Å². The van der Waals surface area contributed by atoms with Gasteiger partial charge in [0.1, 0.15) is 0 Å². The molecule has 0 aliphatic rings. The maximum Gasteiger partial charge on any atom is 0.251 e. The van der Waals surface area contributed by atoms with Gasteiger partial charge in [-0.2, -0.15) is 0 Å². The van der Waals surface area contributed by atoms with E-state index in [-0.39, 0.29) is 29.8 Å². The molecule has 0 spiro atoms. The molecule has 28 heavy (non-hydrogen) atoms.